The molecule has 0 spiro atoms. The number of rotatable bonds is 3. The number of pyridine rings is 1. The summed E-state index contributed by atoms with van der Waals surface area (Å²) < 4.78 is 0. The largest absolute Gasteiger partial charge is 0.478 e. The van der Waals surface area contributed by atoms with Gasteiger partial charge in [-0.25, -0.2) is 4.79 Å². The number of piperazine rings is 1. The normalized spacial score (nSPS) is 15.9. The van der Waals surface area contributed by atoms with Crippen LogP contribution in [0.2, 0.25) is 0 Å². The molecule has 1 saturated heterocycles. The highest BCUT2D eigenvalue weighted by Gasteiger charge is 2.19. The number of nitrogens with zero attached hydrogens (tertiary/aromatic N) is 2. The van der Waals surface area contributed by atoms with Crippen molar-refractivity contribution in [3.8, 4) is 0 Å². The Hall–Kier alpha value is -1.62. The molecule has 1 radical (unpaired) electrons. The van der Waals surface area contributed by atoms with E-state index in [9.17, 15) is 4.79 Å². The van der Waals surface area contributed by atoms with Gasteiger partial charge in [0.1, 0.15) is 6.20 Å². The van der Waals surface area contributed by atoms with Crippen LogP contribution >= 0.6 is 0 Å². The van der Waals surface area contributed by atoms with Crippen molar-refractivity contribution in [3.63, 3.8) is 0 Å². The molecule has 0 aliphatic carbocycles. The van der Waals surface area contributed by atoms with E-state index < -0.39 is 5.97 Å². The highest BCUT2D eigenvalue weighted by molar-refractivity contribution is 5.90. The first kappa shape index (κ1) is 11.9. The molecular formula is C12H16N3O2. The monoisotopic (exact) mass is 234 g/mol. The highest BCUT2D eigenvalue weighted by Crippen LogP contribution is 2.23. The fourth-order valence-corrected chi connectivity index (χ4v) is 2.12. The zero-order valence-corrected chi connectivity index (χ0v) is 9.86. The fourth-order valence-electron chi connectivity index (χ4n) is 2.12. The van der Waals surface area contributed by atoms with Crippen LogP contribution < -0.4 is 10.2 Å². The quantitative estimate of drug-likeness (QED) is 0.799. The van der Waals surface area contributed by atoms with Crippen LogP contribution in [0.4, 0.5) is 5.69 Å². The molecular weight excluding hydrogens is 218 g/mol. The Bertz CT molecular complexity index is 414. The van der Waals surface area contributed by atoms with Crippen LogP contribution in [0.25, 0.3) is 0 Å². The molecule has 0 saturated carbocycles. The summed E-state index contributed by atoms with van der Waals surface area (Å²) in [7, 11) is 0. The molecule has 1 aliphatic heterocycles. The second kappa shape index (κ2) is 5.14. The van der Waals surface area contributed by atoms with E-state index in [0.29, 0.717) is 12.0 Å². The van der Waals surface area contributed by atoms with Crippen molar-refractivity contribution in [2.75, 3.05) is 31.1 Å². The lowest BCUT2D eigenvalue weighted by atomic mass is 10.0. The van der Waals surface area contributed by atoms with Gasteiger partial charge in [0.2, 0.25) is 0 Å². The highest BCUT2D eigenvalue weighted by atomic mass is 16.4. The number of carbonyl (C=O) groups is 1. The Balaban J connectivity index is 2.38. The van der Waals surface area contributed by atoms with Crippen LogP contribution in [0.1, 0.15) is 22.8 Å². The molecule has 17 heavy (non-hydrogen) atoms. The summed E-state index contributed by atoms with van der Waals surface area (Å²) in [6.45, 7) is 5.52. The van der Waals surface area contributed by atoms with Gasteiger partial charge in [0.05, 0.1) is 11.3 Å². The van der Waals surface area contributed by atoms with Crippen molar-refractivity contribution in [1.29, 1.82) is 0 Å². The third-order valence-corrected chi connectivity index (χ3v) is 2.99. The number of aromatic nitrogens is 1. The van der Waals surface area contributed by atoms with Crippen LogP contribution in [0.5, 0.6) is 0 Å². The van der Waals surface area contributed by atoms with Crippen molar-refractivity contribution in [2.45, 2.75) is 13.3 Å². The smallest absolute Gasteiger partial charge is 0.337 e. The van der Waals surface area contributed by atoms with Gasteiger partial charge >= 0.3 is 5.97 Å². The summed E-state index contributed by atoms with van der Waals surface area (Å²) in [5.41, 5.74) is 1.96. The Morgan fingerprint density at radius 1 is 1.59 bits per heavy atom. The number of carboxylic acid groups (broad SMARTS) is 1. The average molecular weight is 234 g/mol. The lowest BCUT2D eigenvalue weighted by Gasteiger charge is -2.30. The molecule has 1 aromatic heterocycles. The Morgan fingerprint density at radius 2 is 2.29 bits per heavy atom. The Kier molecular flexibility index (Phi) is 3.58. The van der Waals surface area contributed by atoms with Gasteiger partial charge in [0, 0.05) is 32.4 Å². The molecule has 1 aromatic rings. The number of nitrogens with one attached hydrogen (secondary N) is 1. The van der Waals surface area contributed by atoms with Gasteiger partial charge in [0.25, 0.3) is 0 Å². The standard InChI is InChI=1S/C12H16N3O2/c1-2-9-10(12(16)17)7-14-8-11(9)15-5-3-13-4-6-15/h7,13H,2-6H2,1H3,(H,16,17). The van der Waals surface area contributed by atoms with Crippen LogP contribution in [0, 0.1) is 6.20 Å². The second-order valence-electron chi connectivity index (χ2n) is 4.01. The summed E-state index contributed by atoms with van der Waals surface area (Å²) in [5.74, 6) is -0.917. The van der Waals surface area contributed by atoms with E-state index in [2.05, 4.69) is 21.4 Å². The van der Waals surface area contributed by atoms with Gasteiger partial charge in [-0.15, -0.1) is 0 Å². The van der Waals surface area contributed by atoms with E-state index in [1.165, 1.54) is 6.20 Å². The predicted octanol–water partition coefficient (Wildman–Crippen LogP) is 0.552. The summed E-state index contributed by atoms with van der Waals surface area (Å²) in [4.78, 5) is 17.2. The molecule has 2 N–H and O–H groups in total. The Morgan fingerprint density at radius 3 is 2.88 bits per heavy atom. The number of hydrogen-bond acceptors (Lipinski definition) is 4. The van der Waals surface area contributed by atoms with E-state index in [-0.39, 0.29) is 0 Å². The minimum absolute atomic E-state index is 0.291. The summed E-state index contributed by atoms with van der Waals surface area (Å²) in [6.07, 6.45) is 5.00. The molecule has 2 heterocycles. The van der Waals surface area contributed by atoms with E-state index in [0.717, 1.165) is 37.4 Å². The van der Waals surface area contributed by atoms with Gasteiger partial charge in [-0.1, -0.05) is 6.92 Å². The molecule has 2 rings (SSSR count). The molecule has 91 valence electrons. The van der Waals surface area contributed by atoms with Crippen molar-refractivity contribution < 1.29 is 9.90 Å². The molecule has 0 amide bonds. The summed E-state index contributed by atoms with van der Waals surface area (Å²) in [6, 6.07) is 0. The minimum atomic E-state index is -0.917. The van der Waals surface area contributed by atoms with Crippen LogP contribution in [-0.2, 0) is 6.42 Å². The molecule has 0 aromatic carbocycles. The number of hydrogen-bond donors (Lipinski definition) is 2. The number of carboxylic acids is 1. The van der Waals surface area contributed by atoms with Crippen molar-refractivity contribution in [2.24, 2.45) is 0 Å². The van der Waals surface area contributed by atoms with E-state index in [1.807, 2.05) is 6.92 Å². The molecule has 0 bridgehead atoms. The molecule has 1 aliphatic rings. The first-order valence-electron chi connectivity index (χ1n) is 5.82. The minimum Gasteiger partial charge on any atom is -0.478 e. The summed E-state index contributed by atoms with van der Waals surface area (Å²) >= 11 is 0. The van der Waals surface area contributed by atoms with E-state index in [4.69, 9.17) is 5.11 Å². The maximum Gasteiger partial charge on any atom is 0.337 e. The van der Waals surface area contributed by atoms with Gasteiger partial charge in [-0.3, -0.25) is 4.98 Å². The molecule has 5 nitrogen and oxygen atoms in total. The van der Waals surface area contributed by atoms with Gasteiger partial charge in [-0.2, -0.15) is 0 Å². The van der Waals surface area contributed by atoms with Crippen LogP contribution in [0.3, 0.4) is 0 Å². The van der Waals surface area contributed by atoms with E-state index >= 15 is 0 Å². The number of anilines is 1. The lowest BCUT2D eigenvalue weighted by Crippen LogP contribution is -2.44. The average Bonchev–Trinajstić information content (AvgIpc) is 2.38. The van der Waals surface area contributed by atoms with Gasteiger partial charge < -0.3 is 15.3 Å². The first-order chi connectivity index (χ1) is 8.24. The fraction of sp³-hybridized carbons (Fsp3) is 0.500. The second-order valence-corrected chi connectivity index (χ2v) is 4.01. The molecule has 0 atom stereocenters. The SMILES string of the molecule is CCc1c(N2CCNCC2)[c]ncc1C(=O)O. The predicted molar refractivity (Wildman–Crippen MR) is 64.5 cm³/mol. The maximum absolute atomic E-state index is 11.1. The van der Waals surface area contributed by atoms with Gasteiger partial charge in [0.15, 0.2) is 0 Å². The molecule has 5 heteroatoms. The topological polar surface area (TPSA) is 65.5 Å². The molecule has 1 fully saturated rings. The first-order valence-corrected chi connectivity index (χ1v) is 5.82. The third kappa shape index (κ3) is 2.39. The van der Waals surface area contributed by atoms with Crippen molar-refractivity contribution in [1.82, 2.24) is 10.3 Å². The van der Waals surface area contributed by atoms with Crippen molar-refractivity contribution in [3.05, 3.63) is 23.5 Å². The lowest BCUT2D eigenvalue weighted by molar-refractivity contribution is 0.0695. The Labute approximate surface area is 100 Å². The molecule has 0 unspecified atom stereocenters. The van der Waals surface area contributed by atoms with E-state index in [1.54, 1.807) is 0 Å². The zero-order chi connectivity index (χ0) is 12.3. The van der Waals surface area contributed by atoms with Crippen LogP contribution in [0.15, 0.2) is 6.20 Å². The van der Waals surface area contributed by atoms with Crippen LogP contribution in [-0.4, -0.2) is 42.2 Å². The maximum atomic E-state index is 11.1. The van der Waals surface area contributed by atoms with Crippen molar-refractivity contribution >= 4 is 11.7 Å². The van der Waals surface area contributed by atoms with Gasteiger partial charge in [-0.05, 0) is 12.0 Å². The third-order valence-electron chi connectivity index (χ3n) is 2.99. The number of aromatic carboxylic acids is 1. The zero-order valence-electron chi connectivity index (χ0n) is 9.86. The summed E-state index contributed by atoms with van der Waals surface area (Å²) in [5, 5.41) is 12.4.